The number of carbonyl (C=O) groups excluding carboxylic acids is 2. The minimum absolute atomic E-state index is 0.199. The van der Waals surface area contributed by atoms with Crippen molar-refractivity contribution in [3.05, 3.63) is 20.8 Å². The van der Waals surface area contributed by atoms with Gasteiger partial charge in [-0.05, 0) is 35.0 Å². The van der Waals surface area contributed by atoms with E-state index in [-0.39, 0.29) is 11.9 Å². The number of piperazine rings is 1. The first kappa shape index (κ1) is 17.4. The largest absolute Gasteiger partial charge is 0.341 e. The lowest BCUT2D eigenvalue weighted by Crippen LogP contribution is -3.29. The zero-order valence-corrected chi connectivity index (χ0v) is 15.3. The third-order valence-corrected chi connectivity index (χ3v) is 5.75. The summed E-state index contributed by atoms with van der Waals surface area (Å²) in [7, 11) is 1.51. The molecule has 1 atom stereocenters. The summed E-state index contributed by atoms with van der Waals surface area (Å²) in [6.07, 6.45) is 0. The maximum absolute atomic E-state index is 12.0. The summed E-state index contributed by atoms with van der Waals surface area (Å²) in [5.74, 6) is -0.208. The molecule has 0 spiro atoms. The lowest BCUT2D eigenvalue weighted by Gasteiger charge is -2.32. The molecule has 8 heteroatoms. The van der Waals surface area contributed by atoms with Crippen molar-refractivity contribution < 1.29 is 19.4 Å². The van der Waals surface area contributed by atoms with Crippen molar-refractivity contribution in [2.45, 2.75) is 19.5 Å². The molecule has 1 fully saturated rings. The summed E-state index contributed by atoms with van der Waals surface area (Å²) in [4.78, 5) is 27.4. The van der Waals surface area contributed by atoms with Gasteiger partial charge in [0, 0.05) is 7.05 Å². The minimum Gasteiger partial charge on any atom is -0.341 e. The molecule has 1 saturated heterocycles. The van der Waals surface area contributed by atoms with Gasteiger partial charge in [0.2, 0.25) is 0 Å². The molecule has 0 aliphatic carbocycles. The Balaban J connectivity index is 1.78. The first-order valence-electron chi connectivity index (χ1n) is 7.44. The molecule has 0 radical (unpaired) electrons. The Kier molecular flexibility index (Phi) is 6.37. The molecule has 1 aliphatic heterocycles. The van der Waals surface area contributed by atoms with Gasteiger partial charge in [-0.1, -0.05) is 0 Å². The molecule has 1 aliphatic rings. The van der Waals surface area contributed by atoms with Gasteiger partial charge in [0.1, 0.15) is 32.7 Å². The zero-order valence-electron chi connectivity index (χ0n) is 12.9. The number of halogens is 1. The van der Waals surface area contributed by atoms with Crippen molar-refractivity contribution in [3.63, 3.8) is 0 Å². The highest BCUT2D eigenvalue weighted by molar-refractivity contribution is 9.11. The SMILES string of the molecule is CNC(=O)NC(=O)[C@@H](C)[NH+]1CC[NH+](Cc2ccc(Br)s2)CC1. The molecule has 0 saturated carbocycles. The fourth-order valence-corrected chi connectivity index (χ4v) is 4.25. The molecule has 4 N–H and O–H groups in total. The summed E-state index contributed by atoms with van der Waals surface area (Å²) in [5, 5.41) is 4.76. The van der Waals surface area contributed by atoms with E-state index in [1.807, 2.05) is 6.92 Å². The minimum atomic E-state index is -0.441. The molecule has 3 amide bonds. The second-order valence-corrected chi connectivity index (χ2v) is 8.13. The van der Waals surface area contributed by atoms with Gasteiger partial charge in [-0.2, -0.15) is 0 Å². The molecule has 2 rings (SSSR count). The van der Waals surface area contributed by atoms with Crippen LogP contribution in [-0.4, -0.2) is 51.2 Å². The molecule has 0 aromatic carbocycles. The van der Waals surface area contributed by atoms with Crippen molar-refractivity contribution >= 4 is 39.2 Å². The van der Waals surface area contributed by atoms with Crippen LogP contribution >= 0.6 is 27.3 Å². The average Bonchev–Trinajstić information content (AvgIpc) is 2.92. The van der Waals surface area contributed by atoms with Gasteiger partial charge in [-0.15, -0.1) is 11.3 Å². The van der Waals surface area contributed by atoms with Crippen LogP contribution in [0.15, 0.2) is 15.9 Å². The van der Waals surface area contributed by atoms with E-state index >= 15 is 0 Å². The Morgan fingerprint density at radius 1 is 1.32 bits per heavy atom. The van der Waals surface area contributed by atoms with Crippen molar-refractivity contribution in [1.29, 1.82) is 0 Å². The molecule has 6 nitrogen and oxygen atoms in total. The number of carbonyl (C=O) groups is 2. The Labute approximate surface area is 143 Å². The summed E-state index contributed by atoms with van der Waals surface area (Å²) in [6.45, 7) is 6.91. The predicted molar refractivity (Wildman–Crippen MR) is 89.2 cm³/mol. The van der Waals surface area contributed by atoms with E-state index in [1.165, 1.54) is 20.6 Å². The van der Waals surface area contributed by atoms with Gasteiger partial charge >= 0.3 is 6.03 Å². The van der Waals surface area contributed by atoms with Crippen LogP contribution in [-0.2, 0) is 11.3 Å². The topological polar surface area (TPSA) is 67.1 Å². The third kappa shape index (κ3) is 4.77. The lowest BCUT2D eigenvalue weighted by molar-refractivity contribution is -1.02. The van der Waals surface area contributed by atoms with Crippen LogP contribution in [0.3, 0.4) is 0 Å². The standard InChI is InChI=1S/C14H21BrN4O2S/c1-10(13(20)17-14(21)16-2)19-7-5-18(6-8-19)9-11-3-4-12(15)22-11/h3-4,10H,5-9H2,1-2H3,(H2,16,17,20,21)/p+2/t10-/m1/s1. The number of imide groups is 1. The van der Waals surface area contributed by atoms with Crippen LogP contribution in [0.1, 0.15) is 11.8 Å². The van der Waals surface area contributed by atoms with Crippen molar-refractivity contribution in [1.82, 2.24) is 10.6 Å². The van der Waals surface area contributed by atoms with Crippen molar-refractivity contribution in [2.75, 3.05) is 33.2 Å². The quantitative estimate of drug-likeness (QED) is 0.512. The van der Waals surface area contributed by atoms with Gasteiger partial charge in [0.15, 0.2) is 6.04 Å². The fourth-order valence-electron chi connectivity index (χ4n) is 2.70. The van der Waals surface area contributed by atoms with Crippen LogP contribution < -0.4 is 20.4 Å². The Morgan fingerprint density at radius 2 is 2.00 bits per heavy atom. The normalized spacial score (nSPS) is 22.9. The summed E-state index contributed by atoms with van der Waals surface area (Å²) in [5.41, 5.74) is 0. The van der Waals surface area contributed by atoms with Crippen LogP contribution in [0, 0.1) is 0 Å². The van der Waals surface area contributed by atoms with Gasteiger partial charge in [-0.25, -0.2) is 4.79 Å². The molecule has 0 unspecified atom stereocenters. The molecule has 122 valence electrons. The van der Waals surface area contributed by atoms with Crippen LogP contribution in [0.25, 0.3) is 0 Å². The predicted octanol–water partition coefficient (Wildman–Crippen LogP) is -1.36. The van der Waals surface area contributed by atoms with E-state index in [4.69, 9.17) is 0 Å². The summed E-state index contributed by atoms with van der Waals surface area (Å²) < 4.78 is 1.17. The summed E-state index contributed by atoms with van der Waals surface area (Å²) >= 11 is 5.28. The molecular weight excluding hydrogens is 368 g/mol. The van der Waals surface area contributed by atoms with Gasteiger partial charge in [-0.3, -0.25) is 10.1 Å². The molecule has 22 heavy (non-hydrogen) atoms. The van der Waals surface area contributed by atoms with E-state index in [9.17, 15) is 9.59 Å². The average molecular weight is 391 g/mol. The van der Waals surface area contributed by atoms with E-state index < -0.39 is 6.03 Å². The first-order chi connectivity index (χ1) is 10.5. The highest BCUT2D eigenvalue weighted by Gasteiger charge is 2.31. The van der Waals surface area contributed by atoms with E-state index in [0.29, 0.717) is 0 Å². The van der Waals surface area contributed by atoms with E-state index in [2.05, 4.69) is 38.7 Å². The van der Waals surface area contributed by atoms with Crippen LogP contribution in [0.4, 0.5) is 4.79 Å². The fraction of sp³-hybridized carbons (Fsp3) is 0.571. The van der Waals surface area contributed by atoms with Crippen LogP contribution in [0.2, 0.25) is 0 Å². The monoisotopic (exact) mass is 390 g/mol. The van der Waals surface area contributed by atoms with Gasteiger partial charge in [0.05, 0.1) is 8.66 Å². The second kappa shape index (κ2) is 8.05. The molecule has 1 aromatic heterocycles. The molecule has 2 heterocycles. The van der Waals surface area contributed by atoms with Gasteiger partial charge in [0.25, 0.3) is 5.91 Å². The number of rotatable bonds is 4. The lowest BCUT2D eigenvalue weighted by atomic mass is 10.2. The number of hydrogen-bond donors (Lipinski definition) is 4. The number of hydrogen-bond acceptors (Lipinski definition) is 3. The highest BCUT2D eigenvalue weighted by Crippen LogP contribution is 2.21. The van der Waals surface area contributed by atoms with Crippen LogP contribution in [0.5, 0.6) is 0 Å². The molecule has 1 aromatic rings. The van der Waals surface area contributed by atoms with Gasteiger partial charge < -0.3 is 15.1 Å². The van der Waals surface area contributed by atoms with Crippen molar-refractivity contribution in [2.24, 2.45) is 0 Å². The number of quaternary nitrogens is 2. The Hall–Kier alpha value is -0.960. The Bertz CT molecular complexity index is 529. The number of amides is 3. The molecular formula is C14H23BrN4O2S+2. The number of nitrogens with one attached hydrogen (secondary N) is 4. The maximum atomic E-state index is 12.0. The highest BCUT2D eigenvalue weighted by atomic mass is 79.9. The van der Waals surface area contributed by atoms with Crippen molar-refractivity contribution in [3.8, 4) is 0 Å². The van der Waals surface area contributed by atoms with E-state index in [0.717, 1.165) is 32.7 Å². The summed E-state index contributed by atoms with van der Waals surface area (Å²) in [6, 6.07) is 3.62. The first-order valence-corrected chi connectivity index (χ1v) is 9.05. The Morgan fingerprint density at radius 3 is 2.55 bits per heavy atom. The molecule has 0 bridgehead atoms. The number of thiophene rings is 1. The maximum Gasteiger partial charge on any atom is 0.321 e. The van der Waals surface area contributed by atoms with E-state index in [1.54, 1.807) is 16.2 Å². The zero-order chi connectivity index (χ0) is 16.1. The second-order valence-electron chi connectivity index (χ2n) is 5.58. The third-order valence-electron chi connectivity index (χ3n) is 4.12. The number of urea groups is 1. The smallest absolute Gasteiger partial charge is 0.321 e.